The van der Waals surface area contributed by atoms with Crippen LogP contribution in [0.25, 0.3) is 0 Å². The summed E-state index contributed by atoms with van der Waals surface area (Å²) in [4.78, 5) is 39.6. The van der Waals surface area contributed by atoms with Crippen LogP contribution in [0.4, 0.5) is 0 Å². The van der Waals surface area contributed by atoms with Crippen LogP contribution in [-0.2, 0) is 14.4 Å². The molecule has 3 N–H and O–H groups in total. The van der Waals surface area contributed by atoms with Crippen molar-refractivity contribution < 1.29 is 29.7 Å². The zero-order chi connectivity index (χ0) is 26.4. The fraction of sp³-hybridized carbons (Fsp3) is 0.690. The van der Waals surface area contributed by atoms with Gasteiger partial charge in [0.15, 0.2) is 11.5 Å². The first-order chi connectivity index (χ1) is 15.9. The molecule has 2 fully saturated rings. The van der Waals surface area contributed by atoms with Gasteiger partial charge in [0.05, 0.1) is 11.0 Å². The summed E-state index contributed by atoms with van der Waals surface area (Å²) in [5.41, 5.74) is -2.81. The predicted octanol–water partition coefficient (Wildman–Crippen LogP) is 4.26. The number of hydrogen-bond acceptors (Lipinski definition) is 6. The number of aliphatic hydroxyl groups excluding tert-OH is 2. The van der Waals surface area contributed by atoms with Crippen molar-refractivity contribution in [2.75, 3.05) is 0 Å². The second-order valence-electron chi connectivity index (χ2n) is 13.1. The van der Waals surface area contributed by atoms with Gasteiger partial charge in [0.1, 0.15) is 11.9 Å². The summed E-state index contributed by atoms with van der Waals surface area (Å²) >= 11 is 0. The Morgan fingerprint density at radius 1 is 1.14 bits per heavy atom. The van der Waals surface area contributed by atoms with E-state index in [1.807, 2.05) is 27.7 Å². The molecule has 0 amide bonds. The number of carbonyl (C=O) groups is 3. The molecule has 0 saturated heterocycles. The Morgan fingerprint density at radius 2 is 1.77 bits per heavy atom. The molecule has 0 aliphatic heterocycles. The van der Waals surface area contributed by atoms with E-state index in [0.717, 1.165) is 12.0 Å². The first kappa shape index (κ1) is 26.0. The van der Waals surface area contributed by atoms with E-state index in [0.29, 0.717) is 12.8 Å². The van der Waals surface area contributed by atoms with Gasteiger partial charge in [0.25, 0.3) is 0 Å². The third kappa shape index (κ3) is 3.46. The lowest BCUT2D eigenvalue weighted by molar-refractivity contribution is -0.170. The molecule has 7 unspecified atom stereocenters. The molecule has 6 heteroatoms. The van der Waals surface area contributed by atoms with Crippen molar-refractivity contribution in [2.45, 2.75) is 85.9 Å². The average molecular weight is 485 g/mol. The third-order valence-corrected chi connectivity index (χ3v) is 10.4. The Morgan fingerprint density at radius 3 is 2.37 bits per heavy atom. The molecule has 6 nitrogen and oxygen atoms in total. The predicted molar refractivity (Wildman–Crippen MR) is 132 cm³/mol. The van der Waals surface area contributed by atoms with Gasteiger partial charge >= 0.3 is 0 Å². The Bertz CT molecular complexity index is 1070. The van der Waals surface area contributed by atoms with Crippen molar-refractivity contribution in [3.05, 3.63) is 35.6 Å². The molecule has 4 rings (SSSR count). The van der Waals surface area contributed by atoms with E-state index in [4.69, 9.17) is 0 Å². The van der Waals surface area contributed by atoms with E-state index in [-0.39, 0.29) is 46.9 Å². The lowest BCUT2D eigenvalue weighted by Crippen LogP contribution is -2.63. The highest BCUT2D eigenvalue weighted by Crippen LogP contribution is 2.73. The Hall–Kier alpha value is -2.05. The Labute approximate surface area is 208 Å². The lowest BCUT2D eigenvalue weighted by Gasteiger charge is -2.63. The van der Waals surface area contributed by atoms with Gasteiger partial charge in [-0.25, -0.2) is 0 Å². The zero-order valence-corrected chi connectivity index (χ0v) is 22.0. The zero-order valence-electron chi connectivity index (χ0n) is 22.0. The maximum Gasteiger partial charge on any atom is 0.206 e. The second kappa shape index (κ2) is 7.72. The van der Waals surface area contributed by atoms with Gasteiger partial charge < -0.3 is 15.3 Å². The SMILES string of the molecule is CC(C)(O)/C=C/C(=O)C(O)C1CCC2(C)C3CC=C4C(C=C(O)C(=O)C4(C)C)C3(C)C(=O)CC12C. The van der Waals surface area contributed by atoms with Crippen molar-refractivity contribution in [3.8, 4) is 0 Å². The van der Waals surface area contributed by atoms with Gasteiger partial charge in [-0.05, 0) is 81.8 Å². The third-order valence-electron chi connectivity index (χ3n) is 10.4. The summed E-state index contributed by atoms with van der Waals surface area (Å²) in [5, 5.41) is 31.6. The summed E-state index contributed by atoms with van der Waals surface area (Å²) in [6.45, 7) is 13.0. The van der Waals surface area contributed by atoms with E-state index < -0.39 is 33.7 Å². The molecule has 4 aliphatic carbocycles. The number of carbonyl (C=O) groups excluding carboxylic acids is 3. The number of aliphatic hydroxyl groups is 3. The van der Waals surface area contributed by atoms with Crippen LogP contribution in [0.3, 0.4) is 0 Å². The van der Waals surface area contributed by atoms with Gasteiger partial charge in [-0.15, -0.1) is 0 Å². The highest BCUT2D eigenvalue weighted by molar-refractivity contribution is 6.02. The fourth-order valence-corrected chi connectivity index (χ4v) is 8.04. The maximum absolute atomic E-state index is 14.1. The van der Waals surface area contributed by atoms with Crippen LogP contribution >= 0.6 is 0 Å². The van der Waals surface area contributed by atoms with Gasteiger partial charge in [-0.3, -0.25) is 14.4 Å². The van der Waals surface area contributed by atoms with Crippen LogP contribution in [-0.4, -0.2) is 44.4 Å². The molecule has 0 aromatic carbocycles. The molecule has 0 spiro atoms. The van der Waals surface area contributed by atoms with Crippen molar-refractivity contribution in [1.82, 2.24) is 0 Å². The van der Waals surface area contributed by atoms with Crippen LogP contribution in [0.2, 0.25) is 0 Å². The Kier molecular flexibility index (Phi) is 5.74. The number of hydrogen-bond donors (Lipinski definition) is 3. The number of rotatable bonds is 4. The van der Waals surface area contributed by atoms with E-state index in [9.17, 15) is 29.7 Å². The number of ketones is 3. The minimum Gasteiger partial charge on any atom is -0.505 e. The van der Waals surface area contributed by atoms with Crippen molar-refractivity contribution >= 4 is 17.3 Å². The highest BCUT2D eigenvalue weighted by atomic mass is 16.3. The molecular weight excluding hydrogens is 444 g/mol. The molecule has 7 atom stereocenters. The number of allylic oxidation sites excluding steroid dienone is 4. The highest BCUT2D eigenvalue weighted by Gasteiger charge is 2.70. The van der Waals surface area contributed by atoms with E-state index in [1.165, 1.54) is 12.2 Å². The molecule has 0 heterocycles. The second-order valence-corrected chi connectivity index (χ2v) is 13.1. The summed E-state index contributed by atoms with van der Waals surface area (Å²) < 4.78 is 0. The topological polar surface area (TPSA) is 112 Å². The summed E-state index contributed by atoms with van der Waals surface area (Å²) in [6.07, 6.45) is 7.35. The maximum atomic E-state index is 14.1. The molecule has 0 aromatic rings. The molecule has 0 aromatic heterocycles. The lowest BCUT2D eigenvalue weighted by atomic mass is 9.39. The van der Waals surface area contributed by atoms with Gasteiger partial charge in [0.2, 0.25) is 5.78 Å². The largest absolute Gasteiger partial charge is 0.505 e. The fourth-order valence-electron chi connectivity index (χ4n) is 8.04. The average Bonchev–Trinajstić information content (AvgIpc) is 3.01. The summed E-state index contributed by atoms with van der Waals surface area (Å²) in [7, 11) is 0. The summed E-state index contributed by atoms with van der Waals surface area (Å²) in [5.74, 6) is -1.76. The molecule has 35 heavy (non-hydrogen) atoms. The van der Waals surface area contributed by atoms with Crippen LogP contribution in [0.15, 0.2) is 35.6 Å². The minimum absolute atomic E-state index is 0.0535. The van der Waals surface area contributed by atoms with Crippen LogP contribution in [0.5, 0.6) is 0 Å². The van der Waals surface area contributed by atoms with Crippen molar-refractivity contribution in [2.24, 2.45) is 39.4 Å². The molecule has 4 aliphatic rings. The molecule has 0 bridgehead atoms. The molecule has 2 saturated carbocycles. The standard InChI is InChI=1S/C29H40O6/c1-25(2,35)12-11-19(30)23(33)17-10-13-27(5)21-9-8-16-18(14-20(31)24(34)26(16,3)4)29(21,7)22(32)15-28(17,27)6/h8,11-12,14,17-18,21,23,31,33,35H,9-10,13,15H2,1-7H3/b12-11+. The summed E-state index contributed by atoms with van der Waals surface area (Å²) in [6, 6.07) is 0. The monoisotopic (exact) mass is 484 g/mol. The van der Waals surface area contributed by atoms with Crippen LogP contribution < -0.4 is 0 Å². The first-order valence-corrected chi connectivity index (χ1v) is 12.7. The van der Waals surface area contributed by atoms with E-state index in [1.54, 1.807) is 19.9 Å². The quantitative estimate of drug-likeness (QED) is 0.406. The van der Waals surface area contributed by atoms with Crippen LogP contribution in [0.1, 0.15) is 74.1 Å². The number of fused-ring (bicyclic) bond motifs is 5. The Balaban J connectivity index is 1.74. The first-order valence-electron chi connectivity index (χ1n) is 12.7. The molecule has 0 radical (unpaired) electrons. The number of Topliss-reactive ketones (excluding diaryl/α,β-unsaturated/α-hetero) is 2. The van der Waals surface area contributed by atoms with E-state index >= 15 is 0 Å². The smallest absolute Gasteiger partial charge is 0.206 e. The van der Waals surface area contributed by atoms with Crippen molar-refractivity contribution in [1.29, 1.82) is 0 Å². The van der Waals surface area contributed by atoms with Gasteiger partial charge in [0, 0.05) is 17.8 Å². The molecule has 192 valence electrons. The van der Waals surface area contributed by atoms with Crippen LogP contribution in [0, 0.1) is 39.4 Å². The van der Waals surface area contributed by atoms with Crippen molar-refractivity contribution in [3.63, 3.8) is 0 Å². The van der Waals surface area contributed by atoms with Gasteiger partial charge in [-0.2, -0.15) is 0 Å². The minimum atomic E-state index is -1.25. The van der Waals surface area contributed by atoms with Gasteiger partial charge in [-0.1, -0.05) is 38.5 Å². The van der Waals surface area contributed by atoms with E-state index in [2.05, 4.69) is 13.0 Å². The normalized spacial score (nSPS) is 41.6. The molecular formula is C29H40O6.